The number of halogens is 23. The summed E-state index contributed by atoms with van der Waals surface area (Å²) in [6.07, 6.45) is -27.5. The molecule has 4 fully saturated rings. The Morgan fingerprint density at radius 1 is 0.492 bits per heavy atom. The molecular weight excluding hydrogens is 893 g/mol. The van der Waals surface area contributed by atoms with E-state index in [4.69, 9.17) is 28.4 Å². The Morgan fingerprint density at radius 2 is 0.797 bits per heavy atom. The number of ether oxygens (including phenoxy) is 6. The van der Waals surface area contributed by atoms with E-state index in [-0.39, 0.29) is 25.3 Å². The van der Waals surface area contributed by atoms with Gasteiger partial charge in [0.05, 0.1) is 64.7 Å². The van der Waals surface area contributed by atoms with Gasteiger partial charge < -0.3 is 28.4 Å². The third kappa shape index (κ3) is 8.48. The van der Waals surface area contributed by atoms with Gasteiger partial charge in [-0.2, -0.15) is 101 Å². The van der Waals surface area contributed by atoms with Crippen molar-refractivity contribution < 1.29 is 129 Å². The maximum absolute atomic E-state index is 15.7. The monoisotopic (exact) mass is 916 g/mol. The van der Waals surface area contributed by atoms with Crippen LogP contribution in [0.4, 0.5) is 101 Å². The summed E-state index contributed by atoms with van der Waals surface area (Å²) >= 11 is 0. The lowest BCUT2D eigenvalue weighted by Crippen LogP contribution is -2.74. The lowest BCUT2D eigenvalue weighted by molar-refractivity contribution is -0.462. The second kappa shape index (κ2) is 14.2. The molecule has 0 saturated carbocycles. The maximum atomic E-state index is 15.7. The molecule has 0 aromatic heterocycles. The van der Waals surface area contributed by atoms with Crippen molar-refractivity contribution in [2.75, 3.05) is 39.6 Å². The zero-order chi connectivity index (χ0) is 45.1. The van der Waals surface area contributed by atoms with Crippen molar-refractivity contribution >= 4 is 0 Å². The molecule has 29 heteroatoms. The van der Waals surface area contributed by atoms with E-state index in [0.29, 0.717) is 6.07 Å². The Hall–Kier alpha value is -2.63. The maximum Gasteiger partial charge on any atom is 0.460 e. The van der Waals surface area contributed by atoms with Crippen LogP contribution < -0.4 is 0 Å². The van der Waals surface area contributed by atoms with Crippen LogP contribution in [0.15, 0.2) is 18.2 Å². The van der Waals surface area contributed by atoms with Crippen LogP contribution in [0.2, 0.25) is 0 Å². The van der Waals surface area contributed by atoms with Gasteiger partial charge in [-0.25, -0.2) is 0 Å². The van der Waals surface area contributed by atoms with Crippen molar-refractivity contribution in [3.63, 3.8) is 0 Å². The zero-order valence-electron chi connectivity index (χ0n) is 28.3. The average Bonchev–Trinajstić information content (AvgIpc) is 3.88. The van der Waals surface area contributed by atoms with Crippen molar-refractivity contribution in [3.8, 4) is 0 Å². The Morgan fingerprint density at radius 3 is 1.07 bits per heavy atom. The van der Waals surface area contributed by atoms with E-state index in [1.807, 2.05) is 0 Å². The molecule has 0 bridgehead atoms. The molecule has 0 N–H and O–H groups in total. The van der Waals surface area contributed by atoms with Gasteiger partial charge >= 0.3 is 60.0 Å². The first-order valence-corrected chi connectivity index (χ1v) is 16.1. The Kier molecular flexibility index (Phi) is 11.4. The second-order valence-corrected chi connectivity index (χ2v) is 14.0. The summed E-state index contributed by atoms with van der Waals surface area (Å²) in [6.45, 7) is -4.59. The van der Waals surface area contributed by atoms with E-state index in [9.17, 15) is 83.4 Å². The molecule has 1 aromatic carbocycles. The van der Waals surface area contributed by atoms with Gasteiger partial charge in [0.2, 0.25) is 0 Å². The first-order valence-electron chi connectivity index (χ1n) is 16.1. The molecule has 4 saturated heterocycles. The molecule has 0 aliphatic carbocycles. The van der Waals surface area contributed by atoms with Crippen molar-refractivity contribution in [1.29, 1.82) is 0 Å². The lowest BCUT2D eigenvalue weighted by Gasteiger charge is -2.43. The fourth-order valence-electron chi connectivity index (χ4n) is 5.60. The van der Waals surface area contributed by atoms with Gasteiger partial charge in [-0.1, -0.05) is 0 Å². The first kappa shape index (κ1) is 47.4. The number of epoxide rings is 4. The summed E-state index contributed by atoms with van der Waals surface area (Å²) in [7, 11) is 0. The summed E-state index contributed by atoms with van der Waals surface area (Å²) in [6, 6.07) is -0.0788. The van der Waals surface area contributed by atoms with Gasteiger partial charge in [0.25, 0.3) is 0 Å². The van der Waals surface area contributed by atoms with Gasteiger partial charge in [-0.3, -0.25) is 0 Å². The molecule has 6 unspecified atom stereocenters. The van der Waals surface area contributed by atoms with Crippen molar-refractivity contribution in [2.24, 2.45) is 0 Å². The highest BCUT2D eigenvalue weighted by Crippen LogP contribution is 2.65. The van der Waals surface area contributed by atoms with Gasteiger partial charge in [0, 0.05) is 5.56 Å². The molecule has 1 aromatic rings. The van der Waals surface area contributed by atoms with Crippen LogP contribution >= 0.6 is 0 Å². The molecular formula is C30H23F23O6. The van der Waals surface area contributed by atoms with E-state index in [2.05, 4.69) is 0 Å². The Bertz CT molecular complexity index is 1620. The van der Waals surface area contributed by atoms with Crippen molar-refractivity contribution in [3.05, 3.63) is 34.9 Å². The fraction of sp³-hybridized carbons (Fsp3) is 0.800. The van der Waals surface area contributed by atoms with Gasteiger partial charge in [0.1, 0.15) is 23.4 Å². The minimum atomic E-state index is -8.90. The molecule has 0 radical (unpaired) electrons. The van der Waals surface area contributed by atoms with Crippen LogP contribution in [0, 0.1) is 0 Å². The molecule has 0 amide bonds. The summed E-state index contributed by atoms with van der Waals surface area (Å²) < 4.78 is 349. The van der Waals surface area contributed by atoms with Crippen LogP contribution in [-0.2, 0) is 45.5 Å². The van der Waals surface area contributed by atoms with E-state index in [1.165, 1.54) is 0 Å². The highest BCUT2D eigenvalue weighted by atomic mass is 19.4. The zero-order valence-corrected chi connectivity index (χ0v) is 28.3. The lowest BCUT2D eigenvalue weighted by atomic mass is 9.84. The molecule has 4 aliphatic heterocycles. The van der Waals surface area contributed by atoms with E-state index in [0.717, 1.165) is 0 Å². The van der Waals surface area contributed by atoms with E-state index in [1.54, 1.807) is 0 Å². The topological polar surface area (TPSA) is 68.6 Å². The highest BCUT2D eigenvalue weighted by molar-refractivity contribution is 5.43. The number of alkyl halides is 23. The molecule has 6 nitrogen and oxygen atoms in total. The van der Waals surface area contributed by atoms with Crippen molar-refractivity contribution in [1.82, 2.24) is 0 Å². The molecule has 6 atom stereocenters. The third-order valence-electron chi connectivity index (χ3n) is 9.53. The predicted octanol–water partition coefficient (Wildman–Crippen LogP) is 9.08. The minimum absolute atomic E-state index is 0.311. The molecule has 340 valence electrons. The third-order valence-corrected chi connectivity index (χ3v) is 9.53. The smallest absolute Gasteiger partial charge is 0.372 e. The summed E-state index contributed by atoms with van der Waals surface area (Å²) in [5, 5.41) is 0. The highest BCUT2D eigenvalue weighted by Gasteiger charge is 2.95. The van der Waals surface area contributed by atoms with E-state index >= 15 is 17.6 Å². The largest absolute Gasteiger partial charge is 0.460 e. The normalized spacial score (nSPS) is 27.1. The quantitative estimate of drug-likeness (QED) is 0.102. The van der Waals surface area contributed by atoms with Gasteiger partial charge in [-0.05, 0) is 29.3 Å². The summed E-state index contributed by atoms with van der Waals surface area (Å²) in [5.74, 6) is -58.9. The Labute approximate surface area is 313 Å². The molecule has 0 spiro atoms. The van der Waals surface area contributed by atoms with Crippen LogP contribution in [-0.4, -0.2) is 118 Å². The second-order valence-electron chi connectivity index (χ2n) is 14.0. The number of benzene rings is 1. The molecule has 4 heterocycles. The van der Waals surface area contributed by atoms with Crippen LogP contribution in [0.1, 0.15) is 29.5 Å². The number of hydrogen-bond acceptors (Lipinski definition) is 6. The molecule has 59 heavy (non-hydrogen) atoms. The van der Waals surface area contributed by atoms with Crippen LogP contribution in [0.25, 0.3) is 0 Å². The van der Waals surface area contributed by atoms with Crippen LogP contribution in [0.3, 0.4) is 0 Å². The average molecular weight is 916 g/mol. The summed E-state index contributed by atoms with van der Waals surface area (Å²) in [4.78, 5) is 0. The fourth-order valence-corrected chi connectivity index (χ4v) is 5.60. The number of rotatable bonds is 19. The van der Waals surface area contributed by atoms with Crippen molar-refractivity contribution in [2.45, 2.75) is 108 Å². The minimum Gasteiger partial charge on any atom is -0.372 e. The first-order chi connectivity index (χ1) is 26.3. The molecule has 4 aliphatic rings. The SMILES string of the molecule is FC(F)(F)CC(OCC1(c2cc(C3(COC(CC(F)(F)F)C4CO4)CO3)cc(C(F)(F)C(F)(F)C(F)(F)C(F)(F)C(F)(F)C(F)(F)C(F)(F)C(F)(F)F)c2)CO1)C1CO1. The molecule has 5 rings (SSSR count). The number of hydrogen-bond donors (Lipinski definition) is 0. The van der Waals surface area contributed by atoms with Gasteiger partial charge in [-0.15, -0.1) is 0 Å². The van der Waals surface area contributed by atoms with Gasteiger partial charge in [0.15, 0.2) is 0 Å². The Balaban J connectivity index is 1.57. The summed E-state index contributed by atoms with van der Waals surface area (Å²) in [5.41, 5.74) is -9.45. The van der Waals surface area contributed by atoms with E-state index < -0.39 is 152 Å². The van der Waals surface area contributed by atoms with Crippen LogP contribution in [0.5, 0.6) is 0 Å². The predicted molar refractivity (Wildman–Crippen MR) is 142 cm³/mol. The standard InChI is InChI=1S/C30H23F23O6/c31-21(32,33)4-15(17-6-54-17)56-8-19(10-58-19)12-1-13(20(11-59-20)9-57-16(18-7-55-18)5-22(34,35)36)3-14(2-12)23(37,38)24(39,40)25(41,42)26(43,44)27(45,46)28(47,48)29(49,50)30(51,52)53/h1-3,15-18H,4-11H2.